The number of ether oxygens (including phenoxy) is 1. The van der Waals surface area contributed by atoms with Gasteiger partial charge in [0.05, 0.1) is 31.4 Å². The van der Waals surface area contributed by atoms with Crippen molar-refractivity contribution >= 4 is 18.1 Å². The van der Waals surface area contributed by atoms with Crippen LogP contribution in [0.25, 0.3) is 11.3 Å². The van der Waals surface area contributed by atoms with Crippen molar-refractivity contribution in [3.8, 4) is 11.3 Å². The molecule has 6 heteroatoms. The van der Waals surface area contributed by atoms with E-state index in [4.69, 9.17) is 4.74 Å². The summed E-state index contributed by atoms with van der Waals surface area (Å²) >= 11 is 0. The first-order valence-corrected chi connectivity index (χ1v) is 9.92. The summed E-state index contributed by atoms with van der Waals surface area (Å²) in [5.74, 6) is 0. The molecule has 4 rings (SSSR count). The molecule has 0 N–H and O–H groups in total. The van der Waals surface area contributed by atoms with Crippen LogP contribution in [0.15, 0.2) is 30.7 Å². The maximum atomic E-state index is 5.50. The Bertz CT molecular complexity index is 742. The molecule has 2 aromatic rings. The van der Waals surface area contributed by atoms with Crippen molar-refractivity contribution in [3.05, 3.63) is 36.3 Å². The van der Waals surface area contributed by atoms with Crippen LogP contribution in [0.5, 0.6) is 0 Å². The first kappa shape index (κ1) is 20.2. The Morgan fingerprint density at radius 1 is 1.19 bits per heavy atom. The van der Waals surface area contributed by atoms with Crippen molar-refractivity contribution < 1.29 is 4.74 Å². The largest absolute Gasteiger partial charge is 0.379 e. The summed E-state index contributed by atoms with van der Waals surface area (Å²) in [6.07, 6.45) is 7.55. The van der Waals surface area contributed by atoms with Gasteiger partial charge in [0.2, 0.25) is 0 Å². The predicted molar refractivity (Wildman–Crippen MR) is 113 cm³/mol. The van der Waals surface area contributed by atoms with Gasteiger partial charge in [-0.2, -0.15) is 0 Å². The number of aromatic nitrogens is 2. The molecule has 0 spiro atoms. The highest BCUT2D eigenvalue weighted by atomic mass is 35.5. The fourth-order valence-corrected chi connectivity index (χ4v) is 4.26. The predicted octanol–water partition coefficient (Wildman–Crippen LogP) is 3.64. The Balaban J connectivity index is 0.00000210. The van der Waals surface area contributed by atoms with E-state index in [0.717, 1.165) is 45.8 Å². The first-order valence-electron chi connectivity index (χ1n) is 9.92. The molecule has 27 heavy (non-hydrogen) atoms. The monoisotopic (exact) mass is 390 g/mol. The second-order valence-electron chi connectivity index (χ2n) is 7.53. The molecule has 1 saturated heterocycles. The summed E-state index contributed by atoms with van der Waals surface area (Å²) in [6, 6.07) is 7.36. The van der Waals surface area contributed by atoms with Crippen LogP contribution >= 0.6 is 12.4 Å². The SMILES string of the molecule is CCC(CN1CCOCC1)n1cncc1-c1ccc2c(c1)CCCN2C.Cl. The lowest BCUT2D eigenvalue weighted by Crippen LogP contribution is -2.39. The van der Waals surface area contributed by atoms with Gasteiger partial charge in [-0.25, -0.2) is 4.98 Å². The van der Waals surface area contributed by atoms with Crippen LogP contribution in [0, 0.1) is 0 Å². The Hall–Kier alpha value is -1.56. The molecule has 1 atom stereocenters. The zero-order valence-corrected chi connectivity index (χ0v) is 17.2. The summed E-state index contributed by atoms with van der Waals surface area (Å²) in [4.78, 5) is 9.38. The molecule has 0 amide bonds. The number of anilines is 1. The third kappa shape index (κ3) is 4.31. The highest BCUT2D eigenvalue weighted by molar-refractivity contribution is 5.85. The van der Waals surface area contributed by atoms with E-state index in [1.807, 2.05) is 12.5 Å². The van der Waals surface area contributed by atoms with Crippen LogP contribution in [-0.4, -0.2) is 60.9 Å². The molecular formula is C21H31ClN4O. The molecule has 1 fully saturated rings. The van der Waals surface area contributed by atoms with E-state index in [-0.39, 0.29) is 12.4 Å². The average molecular weight is 391 g/mol. The first-order chi connectivity index (χ1) is 12.8. The number of halogens is 1. The second kappa shape index (κ2) is 9.09. The number of aryl methyl sites for hydroxylation is 1. The average Bonchev–Trinajstić information content (AvgIpc) is 3.16. The maximum absolute atomic E-state index is 5.50. The van der Waals surface area contributed by atoms with Crippen LogP contribution in [0.1, 0.15) is 31.4 Å². The van der Waals surface area contributed by atoms with Crippen molar-refractivity contribution in [1.82, 2.24) is 14.5 Å². The third-order valence-corrected chi connectivity index (χ3v) is 5.83. The number of benzene rings is 1. The summed E-state index contributed by atoms with van der Waals surface area (Å²) in [5.41, 5.74) is 5.37. The molecule has 0 saturated carbocycles. The van der Waals surface area contributed by atoms with Crippen LogP contribution in [-0.2, 0) is 11.2 Å². The molecule has 0 bridgehead atoms. The number of rotatable bonds is 5. The van der Waals surface area contributed by atoms with Gasteiger partial charge in [0.25, 0.3) is 0 Å². The van der Waals surface area contributed by atoms with Crippen molar-refractivity contribution in [2.24, 2.45) is 0 Å². The topological polar surface area (TPSA) is 33.5 Å². The van der Waals surface area contributed by atoms with E-state index in [0.29, 0.717) is 6.04 Å². The number of morpholine rings is 1. The molecule has 2 aliphatic rings. The van der Waals surface area contributed by atoms with Crippen molar-refractivity contribution in [2.45, 2.75) is 32.2 Å². The molecule has 148 valence electrons. The number of fused-ring (bicyclic) bond motifs is 1. The maximum Gasteiger partial charge on any atom is 0.0954 e. The van der Waals surface area contributed by atoms with E-state index < -0.39 is 0 Å². The van der Waals surface area contributed by atoms with Crippen LogP contribution in [0.3, 0.4) is 0 Å². The Labute approximate surface area is 168 Å². The minimum absolute atomic E-state index is 0. The number of hydrogen-bond donors (Lipinski definition) is 0. The quantitative estimate of drug-likeness (QED) is 0.780. The van der Waals surface area contributed by atoms with Gasteiger partial charge >= 0.3 is 0 Å². The molecule has 5 nitrogen and oxygen atoms in total. The highest BCUT2D eigenvalue weighted by Crippen LogP contribution is 2.32. The molecule has 0 radical (unpaired) electrons. The summed E-state index contributed by atoms with van der Waals surface area (Å²) in [6.45, 7) is 8.27. The van der Waals surface area contributed by atoms with Crippen LogP contribution < -0.4 is 4.90 Å². The van der Waals surface area contributed by atoms with Crippen LogP contribution in [0.4, 0.5) is 5.69 Å². The number of nitrogens with zero attached hydrogens (tertiary/aromatic N) is 4. The molecule has 3 heterocycles. The van der Waals surface area contributed by atoms with Gasteiger partial charge in [-0.1, -0.05) is 13.0 Å². The van der Waals surface area contributed by atoms with Crippen molar-refractivity contribution in [1.29, 1.82) is 0 Å². The standard InChI is InChI=1S/C21H30N4O.ClH/c1-3-19(15-24-9-11-26-12-10-24)25-16-22-14-21(25)18-6-7-20-17(13-18)5-4-8-23(20)2;/h6-7,13-14,16,19H,3-5,8-12,15H2,1-2H3;1H. The number of hydrogen-bond acceptors (Lipinski definition) is 4. The lowest BCUT2D eigenvalue weighted by molar-refractivity contribution is 0.0313. The number of imidazole rings is 1. The van der Waals surface area contributed by atoms with E-state index in [9.17, 15) is 0 Å². The summed E-state index contributed by atoms with van der Waals surface area (Å²) < 4.78 is 7.87. The van der Waals surface area contributed by atoms with Crippen molar-refractivity contribution in [2.75, 3.05) is 51.3 Å². The van der Waals surface area contributed by atoms with Gasteiger partial charge in [0.15, 0.2) is 0 Å². The van der Waals surface area contributed by atoms with Gasteiger partial charge in [0, 0.05) is 50.5 Å². The van der Waals surface area contributed by atoms with Gasteiger partial charge in [-0.15, -0.1) is 12.4 Å². The zero-order valence-electron chi connectivity index (χ0n) is 16.4. The zero-order chi connectivity index (χ0) is 17.9. The summed E-state index contributed by atoms with van der Waals surface area (Å²) in [7, 11) is 2.19. The smallest absolute Gasteiger partial charge is 0.0954 e. The molecular weight excluding hydrogens is 360 g/mol. The molecule has 0 aliphatic carbocycles. The molecule has 1 aromatic carbocycles. The van der Waals surface area contributed by atoms with Crippen molar-refractivity contribution in [3.63, 3.8) is 0 Å². The minimum atomic E-state index is 0. The molecule has 2 aliphatic heterocycles. The van der Waals surface area contributed by atoms with E-state index in [2.05, 4.69) is 51.5 Å². The highest BCUT2D eigenvalue weighted by Gasteiger charge is 2.20. The van der Waals surface area contributed by atoms with Gasteiger partial charge in [-0.3, -0.25) is 4.90 Å². The van der Waals surface area contributed by atoms with Crippen LogP contribution in [0.2, 0.25) is 0 Å². The Morgan fingerprint density at radius 3 is 2.78 bits per heavy atom. The Morgan fingerprint density at radius 2 is 2.00 bits per heavy atom. The van der Waals surface area contributed by atoms with Gasteiger partial charge in [-0.05, 0) is 37.0 Å². The normalized spacial score (nSPS) is 18.7. The third-order valence-electron chi connectivity index (χ3n) is 5.83. The molecule has 1 aromatic heterocycles. The second-order valence-corrected chi connectivity index (χ2v) is 7.53. The lowest BCUT2D eigenvalue weighted by Gasteiger charge is -2.31. The Kier molecular flexibility index (Phi) is 6.79. The van der Waals surface area contributed by atoms with E-state index in [1.54, 1.807) is 0 Å². The fraction of sp³-hybridized carbons (Fsp3) is 0.571. The van der Waals surface area contributed by atoms with Gasteiger partial charge in [0.1, 0.15) is 0 Å². The molecule has 1 unspecified atom stereocenters. The van der Waals surface area contributed by atoms with E-state index >= 15 is 0 Å². The summed E-state index contributed by atoms with van der Waals surface area (Å²) in [5, 5.41) is 0. The van der Waals surface area contributed by atoms with Gasteiger partial charge < -0.3 is 14.2 Å². The van der Waals surface area contributed by atoms with E-state index in [1.165, 1.54) is 35.3 Å². The fourth-order valence-electron chi connectivity index (χ4n) is 4.26. The minimum Gasteiger partial charge on any atom is -0.379 e. The lowest BCUT2D eigenvalue weighted by atomic mass is 9.98.